The summed E-state index contributed by atoms with van der Waals surface area (Å²) in [5.74, 6) is 1.20. The summed E-state index contributed by atoms with van der Waals surface area (Å²) in [5, 5.41) is 0. The van der Waals surface area contributed by atoms with E-state index in [4.69, 9.17) is 20.2 Å². The zero-order valence-corrected chi connectivity index (χ0v) is 13.9. The third kappa shape index (κ3) is 2.20. The Bertz CT molecular complexity index is 839. The number of rotatable bonds is 1. The van der Waals surface area contributed by atoms with Gasteiger partial charge in [-0.25, -0.2) is 15.0 Å². The number of aliphatic imine (C=N–C) groups is 1. The molecule has 128 valence electrons. The Morgan fingerprint density at radius 2 is 1.92 bits per heavy atom. The molecule has 2 aromatic rings. The molecule has 0 saturated heterocycles. The molecule has 2 N–H and O–H groups in total. The summed E-state index contributed by atoms with van der Waals surface area (Å²) in [4.78, 5) is 13.1. The number of aromatic nitrogens is 2. The molecule has 0 bridgehead atoms. The van der Waals surface area contributed by atoms with Crippen LogP contribution in [-0.2, 0) is 10.3 Å². The number of nitrogens with two attached hydrogens (primary N) is 1. The van der Waals surface area contributed by atoms with E-state index in [2.05, 4.69) is 22.1 Å². The molecule has 3 heterocycles. The standard InChI is InChI=1S/C19H20N4O2/c20-18-23-19(10-24-18)14-3-1-2-4-16(14)25-17-6-5-12(7-15(17)19)13-8-21-11-22-9-13/h5-9,11,14,16H,1-4,10H2,(H2,20,23)/t14-,16?,19?/m1/s1. The molecular formula is C19H20N4O2. The molecule has 3 atom stereocenters. The zero-order chi connectivity index (χ0) is 16.9. The van der Waals surface area contributed by atoms with Gasteiger partial charge in [-0.2, -0.15) is 0 Å². The maximum absolute atomic E-state index is 6.35. The second-order valence-corrected chi connectivity index (χ2v) is 7.05. The lowest BCUT2D eigenvalue weighted by atomic mass is 9.68. The fourth-order valence-electron chi connectivity index (χ4n) is 4.52. The number of hydrogen-bond acceptors (Lipinski definition) is 6. The van der Waals surface area contributed by atoms with Crippen LogP contribution >= 0.6 is 0 Å². The number of nitrogens with zero attached hydrogens (tertiary/aromatic N) is 3. The lowest BCUT2D eigenvalue weighted by Gasteiger charge is -2.46. The molecule has 1 spiro atoms. The molecule has 5 rings (SSSR count). The van der Waals surface area contributed by atoms with Crippen molar-refractivity contribution in [3.8, 4) is 16.9 Å². The van der Waals surface area contributed by atoms with Gasteiger partial charge in [-0.05, 0) is 37.0 Å². The van der Waals surface area contributed by atoms with Crippen LogP contribution in [0.5, 0.6) is 5.75 Å². The molecule has 1 aromatic heterocycles. The minimum Gasteiger partial charge on any atom is -0.490 e. The van der Waals surface area contributed by atoms with E-state index in [1.165, 1.54) is 19.2 Å². The van der Waals surface area contributed by atoms with Gasteiger partial charge in [-0.3, -0.25) is 0 Å². The molecule has 1 saturated carbocycles. The lowest BCUT2D eigenvalue weighted by molar-refractivity contribution is 0.00745. The first-order valence-electron chi connectivity index (χ1n) is 8.81. The number of ether oxygens (including phenoxy) is 2. The summed E-state index contributed by atoms with van der Waals surface area (Å²) < 4.78 is 12.0. The normalized spacial score (nSPS) is 30.0. The Labute approximate surface area is 146 Å². The van der Waals surface area contributed by atoms with Crippen LogP contribution in [-0.4, -0.2) is 28.7 Å². The quantitative estimate of drug-likeness (QED) is 0.865. The third-order valence-corrected chi connectivity index (χ3v) is 5.68. The van der Waals surface area contributed by atoms with Crippen molar-refractivity contribution in [3.05, 3.63) is 42.5 Å². The number of benzene rings is 1. The van der Waals surface area contributed by atoms with Crippen molar-refractivity contribution in [2.24, 2.45) is 16.6 Å². The van der Waals surface area contributed by atoms with Crippen LogP contribution in [0.25, 0.3) is 11.1 Å². The monoisotopic (exact) mass is 336 g/mol. The van der Waals surface area contributed by atoms with Crippen molar-refractivity contribution in [1.29, 1.82) is 0 Å². The van der Waals surface area contributed by atoms with Gasteiger partial charge in [0.25, 0.3) is 6.02 Å². The maximum atomic E-state index is 6.35. The van der Waals surface area contributed by atoms with Crippen LogP contribution < -0.4 is 10.5 Å². The van der Waals surface area contributed by atoms with Crippen molar-refractivity contribution >= 4 is 6.02 Å². The Balaban J connectivity index is 1.68. The first kappa shape index (κ1) is 14.7. The van der Waals surface area contributed by atoms with E-state index in [1.54, 1.807) is 0 Å². The maximum Gasteiger partial charge on any atom is 0.283 e. The zero-order valence-electron chi connectivity index (χ0n) is 13.9. The molecule has 2 unspecified atom stereocenters. The number of hydrogen-bond donors (Lipinski definition) is 1. The van der Waals surface area contributed by atoms with Crippen molar-refractivity contribution in [2.75, 3.05) is 6.61 Å². The fraction of sp³-hybridized carbons (Fsp3) is 0.421. The molecule has 1 fully saturated rings. The van der Waals surface area contributed by atoms with E-state index in [1.807, 2.05) is 18.5 Å². The van der Waals surface area contributed by atoms with Crippen molar-refractivity contribution in [1.82, 2.24) is 9.97 Å². The summed E-state index contributed by atoms with van der Waals surface area (Å²) in [6, 6.07) is 6.51. The van der Waals surface area contributed by atoms with Gasteiger partial charge in [0.1, 0.15) is 30.3 Å². The minimum absolute atomic E-state index is 0.186. The van der Waals surface area contributed by atoms with Crippen molar-refractivity contribution in [3.63, 3.8) is 0 Å². The average Bonchev–Trinajstić information content (AvgIpc) is 3.05. The molecule has 6 heteroatoms. The summed E-state index contributed by atoms with van der Waals surface area (Å²) >= 11 is 0. The Morgan fingerprint density at radius 3 is 2.72 bits per heavy atom. The summed E-state index contributed by atoms with van der Waals surface area (Å²) in [7, 11) is 0. The SMILES string of the molecule is NC1=NC2(CO1)c1cc(-c3cncnc3)ccc1OC1CCCC[C@H]12. The highest BCUT2D eigenvalue weighted by Crippen LogP contribution is 2.52. The summed E-state index contributed by atoms with van der Waals surface area (Å²) in [6.45, 7) is 0.491. The topological polar surface area (TPSA) is 82.6 Å². The molecular weight excluding hydrogens is 316 g/mol. The van der Waals surface area contributed by atoms with Crippen LogP contribution in [0.4, 0.5) is 0 Å². The first-order valence-corrected chi connectivity index (χ1v) is 8.81. The molecule has 25 heavy (non-hydrogen) atoms. The van der Waals surface area contributed by atoms with E-state index < -0.39 is 5.54 Å². The highest BCUT2D eigenvalue weighted by Gasteiger charge is 2.54. The van der Waals surface area contributed by atoms with Gasteiger partial charge in [-0.1, -0.05) is 12.5 Å². The highest BCUT2D eigenvalue weighted by atomic mass is 16.5. The fourth-order valence-corrected chi connectivity index (χ4v) is 4.52. The van der Waals surface area contributed by atoms with Crippen LogP contribution in [0, 0.1) is 5.92 Å². The molecule has 0 radical (unpaired) electrons. The van der Waals surface area contributed by atoms with Crippen LogP contribution in [0.15, 0.2) is 41.9 Å². The van der Waals surface area contributed by atoms with E-state index in [9.17, 15) is 0 Å². The molecule has 0 amide bonds. The highest BCUT2D eigenvalue weighted by molar-refractivity contribution is 5.75. The Kier molecular flexibility index (Phi) is 3.20. The second-order valence-electron chi connectivity index (χ2n) is 7.05. The van der Waals surface area contributed by atoms with Gasteiger partial charge in [0, 0.05) is 29.4 Å². The van der Waals surface area contributed by atoms with Crippen molar-refractivity contribution in [2.45, 2.75) is 37.3 Å². The van der Waals surface area contributed by atoms with Crippen LogP contribution in [0.3, 0.4) is 0 Å². The predicted octanol–water partition coefficient (Wildman–Crippen LogP) is 2.64. The molecule has 6 nitrogen and oxygen atoms in total. The van der Waals surface area contributed by atoms with E-state index in [0.717, 1.165) is 35.3 Å². The van der Waals surface area contributed by atoms with E-state index in [0.29, 0.717) is 12.5 Å². The van der Waals surface area contributed by atoms with Gasteiger partial charge >= 0.3 is 0 Å². The lowest BCUT2D eigenvalue weighted by Crippen LogP contribution is -2.49. The van der Waals surface area contributed by atoms with Gasteiger partial charge < -0.3 is 15.2 Å². The minimum atomic E-state index is -0.436. The summed E-state index contributed by atoms with van der Waals surface area (Å²) in [6.07, 6.45) is 9.91. The number of fused-ring (bicyclic) bond motifs is 4. The van der Waals surface area contributed by atoms with Gasteiger partial charge in [0.05, 0.1) is 0 Å². The molecule has 1 aliphatic carbocycles. The largest absolute Gasteiger partial charge is 0.490 e. The van der Waals surface area contributed by atoms with E-state index >= 15 is 0 Å². The second kappa shape index (κ2) is 5.44. The summed E-state index contributed by atoms with van der Waals surface area (Å²) in [5.41, 5.74) is 8.59. The predicted molar refractivity (Wildman–Crippen MR) is 93.1 cm³/mol. The van der Waals surface area contributed by atoms with Crippen LogP contribution in [0.1, 0.15) is 31.2 Å². The average molecular weight is 336 g/mol. The van der Waals surface area contributed by atoms with E-state index in [-0.39, 0.29) is 12.1 Å². The van der Waals surface area contributed by atoms with Crippen molar-refractivity contribution < 1.29 is 9.47 Å². The van der Waals surface area contributed by atoms with Gasteiger partial charge in [-0.15, -0.1) is 0 Å². The number of amidine groups is 1. The van der Waals surface area contributed by atoms with Crippen LogP contribution in [0.2, 0.25) is 0 Å². The molecule has 3 aliphatic rings. The Morgan fingerprint density at radius 1 is 1.08 bits per heavy atom. The smallest absolute Gasteiger partial charge is 0.283 e. The first-order chi connectivity index (χ1) is 12.3. The van der Waals surface area contributed by atoms with Gasteiger partial charge in [0.15, 0.2) is 0 Å². The third-order valence-electron chi connectivity index (χ3n) is 5.68. The molecule has 2 aliphatic heterocycles. The Hall–Kier alpha value is -2.63. The molecule has 1 aromatic carbocycles. The van der Waals surface area contributed by atoms with Gasteiger partial charge in [0.2, 0.25) is 0 Å².